The van der Waals surface area contributed by atoms with E-state index in [-0.39, 0.29) is 10.1 Å². The van der Waals surface area contributed by atoms with E-state index >= 15 is 0 Å². The molecule has 0 fully saturated rings. The van der Waals surface area contributed by atoms with Crippen LogP contribution in [0, 0.1) is 5.92 Å². The molecule has 11 heteroatoms. The molecule has 2 N–H and O–H groups in total. The van der Waals surface area contributed by atoms with Gasteiger partial charge in [0, 0.05) is 6.04 Å². The number of nitrogens with one attached hydrogen (secondary N) is 1. The molecule has 1 heterocycles. The first-order chi connectivity index (χ1) is 10.1. The van der Waals surface area contributed by atoms with E-state index < -0.39 is 33.1 Å². The molecule has 128 valence electrons. The molecule has 7 nitrogen and oxygen atoms in total. The average molecular weight is 392 g/mol. The van der Waals surface area contributed by atoms with Gasteiger partial charge in [0.05, 0.1) is 10.9 Å². The monoisotopic (exact) mass is 391 g/mol. The second-order valence-corrected chi connectivity index (χ2v) is 9.32. The normalized spacial score (nSPS) is 14.4. The SMILES string of the molecule is CCC(CC)[C@@H](COS(=O)(=O)O)NS(=O)(=O)c1ccc(Cl)s1. The summed E-state index contributed by atoms with van der Waals surface area (Å²) in [4.78, 5) is 0. The zero-order valence-electron chi connectivity index (χ0n) is 12.0. The zero-order valence-corrected chi connectivity index (χ0v) is 15.2. The number of hydrogen-bond acceptors (Lipinski definition) is 6. The highest BCUT2D eigenvalue weighted by atomic mass is 35.5. The molecule has 0 saturated carbocycles. The molecule has 0 aromatic carbocycles. The van der Waals surface area contributed by atoms with Crippen molar-refractivity contribution < 1.29 is 25.6 Å². The fraction of sp³-hybridized carbons (Fsp3) is 0.636. The van der Waals surface area contributed by atoms with Crippen molar-refractivity contribution >= 4 is 43.4 Å². The first kappa shape index (κ1) is 19.8. The van der Waals surface area contributed by atoms with Crippen LogP contribution >= 0.6 is 22.9 Å². The van der Waals surface area contributed by atoms with Gasteiger partial charge in [0.15, 0.2) is 0 Å². The number of sulfonamides is 1. The Kier molecular flexibility index (Phi) is 7.24. The fourth-order valence-corrected chi connectivity index (χ4v) is 5.09. The van der Waals surface area contributed by atoms with Gasteiger partial charge in [0.25, 0.3) is 0 Å². The minimum Gasteiger partial charge on any atom is -0.264 e. The Labute approximate surface area is 139 Å². The van der Waals surface area contributed by atoms with Gasteiger partial charge in [-0.3, -0.25) is 4.55 Å². The molecule has 0 aliphatic rings. The maximum atomic E-state index is 12.3. The molecular formula is C11H18ClNO6S3. The Bertz CT molecular complexity index is 680. The Balaban J connectivity index is 2.96. The Morgan fingerprint density at radius 2 is 1.86 bits per heavy atom. The molecule has 0 aliphatic heterocycles. The van der Waals surface area contributed by atoms with Crippen LogP contribution in [0.2, 0.25) is 4.34 Å². The van der Waals surface area contributed by atoms with Crippen LogP contribution in [-0.4, -0.2) is 34.0 Å². The summed E-state index contributed by atoms with van der Waals surface area (Å²) in [7, 11) is -8.48. The third-order valence-corrected chi connectivity index (χ3v) is 6.78. The summed E-state index contributed by atoms with van der Waals surface area (Å²) < 4.78 is 61.8. The number of halogens is 1. The van der Waals surface area contributed by atoms with Gasteiger partial charge in [-0.1, -0.05) is 38.3 Å². The summed E-state index contributed by atoms with van der Waals surface area (Å²) in [6.07, 6.45) is 1.23. The summed E-state index contributed by atoms with van der Waals surface area (Å²) in [6, 6.07) is 2.03. The summed E-state index contributed by atoms with van der Waals surface area (Å²) >= 11 is 6.62. The Morgan fingerprint density at radius 3 is 2.27 bits per heavy atom. The van der Waals surface area contributed by atoms with Gasteiger partial charge in [-0.2, -0.15) is 8.42 Å². The van der Waals surface area contributed by atoms with Gasteiger partial charge < -0.3 is 0 Å². The molecular weight excluding hydrogens is 374 g/mol. The van der Waals surface area contributed by atoms with Crippen LogP contribution in [0.15, 0.2) is 16.3 Å². The van der Waals surface area contributed by atoms with Crippen molar-refractivity contribution in [1.82, 2.24) is 4.72 Å². The lowest BCUT2D eigenvalue weighted by Crippen LogP contribution is -2.43. The molecule has 1 atom stereocenters. The molecule has 0 unspecified atom stereocenters. The fourth-order valence-electron chi connectivity index (χ4n) is 1.98. The maximum Gasteiger partial charge on any atom is 0.397 e. The number of hydrogen-bond donors (Lipinski definition) is 2. The lowest BCUT2D eigenvalue weighted by Gasteiger charge is -2.25. The minimum absolute atomic E-state index is 0.0281. The van der Waals surface area contributed by atoms with Crippen LogP contribution in [-0.2, 0) is 24.6 Å². The topological polar surface area (TPSA) is 110 Å². The molecule has 0 amide bonds. The van der Waals surface area contributed by atoms with Crippen molar-refractivity contribution in [2.24, 2.45) is 5.92 Å². The molecule has 1 rings (SSSR count). The van der Waals surface area contributed by atoms with Crippen LogP contribution in [0.4, 0.5) is 0 Å². The largest absolute Gasteiger partial charge is 0.397 e. The van der Waals surface area contributed by atoms with Gasteiger partial charge in [0.1, 0.15) is 4.21 Å². The van der Waals surface area contributed by atoms with Gasteiger partial charge in [-0.15, -0.1) is 11.3 Å². The van der Waals surface area contributed by atoms with Crippen LogP contribution in [0.25, 0.3) is 0 Å². The molecule has 0 spiro atoms. The standard InChI is InChI=1S/C11H18ClNO6S3/c1-3-8(4-2)9(7-19-22(16,17)18)13-21(14,15)11-6-5-10(12)20-11/h5-6,8-9,13H,3-4,7H2,1-2H3,(H,16,17,18)/t9-/m1/s1. The van der Waals surface area contributed by atoms with Gasteiger partial charge in [-0.25, -0.2) is 17.3 Å². The highest BCUT2D eigenvalue weighted by Gasteiger charge is 2.28. The first-order valence-corrected chi connectivity index (χ1v) is 10.5. The van der Waals surface area contributed by atoms with Crippen molar-refractivity contribution in [3.8, 4) is 0 Å². The van der Waals surface area contributed by atoms with Crippen LogP contribution < -0.4 is 4.72 Å². The summed E-state index contributed by atoms with van der Waals surface area (Å²) in [6.45, 7) is 3.22. The van der Waals surface area contributed by atoms with Crippen molar-refractivity contribution in [3.63, 3.8) is 0 Å². The minimum atomic E-state index is -4.64. The zero-order chi connectivity index (χ0) is 17.0. The van der Waals surface area contributed by atoms with Crippen LogP contribution in [0.5, 0.6) is 0 Å². The van der Waals surface area contributed by atoms with Gasteiger partial charge in [-0.05, 0) is 18.1 Å². The highest BCUT2D eigenvalue weighted by Crippen LogP contribution is 2.26. The second-order valence-electron chi connectivity index (χ2n) is 4.58. The number of thiophene rings is 1. The van der Waals surface area contributed by atoms with Gasteiger partial charge >= 0.3 is 10.4 Å². The molecule has 0 aliphatic carbocycles. The van der Waals surface area contributed by atoms with E-state index in [4.69, 9.17) is 16.2 Å². The molecule has 0 bridgehead atoms. The molecule has 22 heavy (non-hydrogen) atoms. The quantitative estimate of drug-likeness (QED) is 0.625. The van der Waals surface area contributed by atoms with Crippen molar-refractivity contribution in [1.29, 1.82) is 0 Å². The highest BCUT2D eigenvalue weighted by molar-refractivity contribution is 7.91. The maximum absolute atomic E-state index is 12.3. The third-order valence-electron chi connectivity index (χ3n) is 3.13. The average Bonchev–Trinajstić information content (AvgIpc) is 2.83. The lowest BCUT2D eigenvalue weighted by atomic mass is 9.96. The Morgan fingerprint density at radius 1 is 1.27 bits per heavy atom. The molecule has 1 aromatic heterocycles. The van der Waals surface area contributed by atoms with E-state index in [2.05, 4.69) is 8.91 Å². The molecule has 0 saturated heterocycles. The lowest BCUT2D eigenvalue weighted by molar-refractivity contribution is 0.208. The van der Waals surface area contributed by atoms with Crippen molar-refractivity contribution in [2.45, 2.75) is 36.9 Å². The van der Waals surface area contributed by atoms with E-state index in [9.17, 15) is 16.8 Å². The third kappa shape index (κ3) is 6.11. The van der Waals surface area contributed by atoms with Crippen LogP contribution in [0.3, 0.4) is 0 Å². The van der Waals surface area contributed by atoms with E-state index in [0.717, 1.165) is 11.3 Å². The van der Waals surface area contributed by atoms with E-state index in [1.807, 2.05) is 13.8 Å². The summed E-state index contributed by atoms with van der Waals surface area (Å²) in [5.74, 6) is -0.146. The summed E-state index contributed by atoms with van der Waals surface area (Å²) in [5, 5.41) is 0. The van der Waals surface area contributed by atoms with Crippen molar-refractivity contribution in [2.75, 3.05) is 6.61 Å². The Hall–Kier alpha value is -0.230. The van der Waals surface area contributed by atoms with Crippen LogP contribution in [0.1, 0.15) is 26.7 Å². The van der Waals surface area contributed by atoms with Crippen molar-refractivity contribution in [3.05, 3.63) is 16.5 Å². The first-order valence-electron chi connectivity index (χ1n) is 6.48. The second kappa shape index (κ2) is 8.04. The van der Waals surface area contributed by atoms with Gasteiger partial charge in [0.2, 0.25) is 10.0 Å². The smallest absolute Gasteiger partial charge is 0.264 e. The molecule has 1 aromatic rings. The predicted octanol–water partition coefficient (Wildman–Crippen LogP) is 2.30. The predicted molar refractivity (Wildman–Crippen MR) is 85.0 cm³/mol. The number of rotatable bonds is 9. The van der Waals surface area contributed by atoms with E-state index in [0.29, 0.717) is 17.2 Å². The van der Waals surface area contributed by atoms with E-state index in [1.165, 1.54) is 12.1 Å². The molecule has 0 radical (unpaired) electrons. The van der Waals surface area contributed by atoms with E-state index in [1.54, 1.807) is 0 Å². The summed E-state index contributed by atoms with van der Waals surface area (Å²) in [5.41, 5.74) is 0.